The summed E-state index contributed by atoms with van der Waals surface area (Å²) in [6.45, 7) is 5.37. The lowest BCUT2D eigenvalue weighted by Crippen LogP contribution is -2.27. The normalized spacial score (nSPS) is 12.6. The van der Waals surface area contributed by atoms with E-state index in [4.69, 9.17) is 9.47 Å². The van der Waals surface area contributed by atoms with Crippen molar-refractivity contribution in [2.45, 2.75) is 264 Å². The number of aliphatic hydroxyl groups is 1. The van der Waals surface area contributed by atoms with Crippen molar-refractivity contribution >= 4 is 5.97 Å². The highest BCUT2D eigenvalue weighted by atomic mass is 16.6. The van der Waals surface area contributed by atoms with Gasteiger partial charge in [-0.2, -0.15) is 0 Å². The van der Waals surface area contributed by atoms with E-state index in [9.17, 15) is 9.90 Å². The zero-order valence-electron chi connectivity index (χ0n) is 37.2. The van der Waals surface area contributed by atoms with Gasteiger partial charge in [-0.3, -0.25) is 4.79 Å². The maximum atomic E-state index is 12.2. The second-order valence-corrected chi connectivity index (χ2v) is 16.5. The summed E-state index contributed by atoms with van der Waals surface area (Å²) < 4.78 is 11.2. The van der Waals surface area contributed by atoms with Crippen LogP contribution in [-0.4, -0.2) is 37.0 Å². The Morgan fingerprint density at radius 3 is 1.15 bits per heavy atom. The first kappa shape index (κ1) is 53.6. The molecule has 324 valence electrons. The standard InChI is InChI=1S/C51H96O4/c1-3-5-7-9-11-13-15-17-19-21-22-23-24-25-26-27-28-29-31-33-35-37-39-41-43-45-47-54-49-50(48-52)55-51(53)46-44-42-40-38-36-34-32-30-20-18-16-14-12-10-8-6-4-2/h15,17,21-22,24-25,50,52H,3-14,16,18-20,23,26-49H2,1-2H3/b17-15-,22-21-,25-24-. The number of carbonyl (C=O) groups excluding carboxylic acids is 1. The molecular formula is C51H96O4. The molecule has 4 heteroatoms. The molecule has 1 atom stereocenters. The molecule has 0 spiro atoms. The second-order valence-electron chi connectivity index (χ2n) is 16.5. The molecule has 0 aliphatic heterocycles. The third kappa shape index (κ3) is 46.9. The van der Waals surface area contributed by atoms with Crippen LogP contribution in [0.3, 0.4) is 0 Å². The lowest BCUT2D eigenvalue weighted by molar-refractivity contribution is -0.154. The Balaban J connectivity index is 3.39. The van der Waals surface area contributed by atoms with Crippen molar-refractivity contribution in [1.29, 1.82) is 0 Å². The van der Waals surface area contributed by atoms with E-state index in [2.05, 4.69) is 50.3 Å². The third-order valence-corrected chi connectivity index (χ3v) is 11.0. The van der Waals surface area contributed by atoms with Crippen LogP contribution in [-0.2, 0) is 14.3 Å². The van der Waals surface area contributed by atoms with E-state index < -0.39 is 6.10 Å². The number of hydrogen-bond donors (Lipinski definition) is 1. The van der Waals surface area contributed by atoms with Crippen LogP contribution in [0.4, 0.5) is 0 Å². The Hall–Kier alpha value is -1.39. The van der Waals surface area contributed by atoms with Crippen LogP contribution in [0.5, 0.6) is 0 Å². The fourth-order valence-electron chi connectivity index (χ4n) is 7.28. The highest BCUT2D eigenvalue weighted by molar-refractivity contribution is 5.69. The Morgan fingerprint density at radius 1 is 0.436 bits per heavy atom. The first-order valence-electron chi connectivity index (χ1n) is 24.6. The van der Waals surface area contributed by atoms with Crippen LogP contribution < -0.4 is 0 Å². The molecule has 0 saturated carbocycles. The van der Waals surface area contributed by atoms with Crippen LogP contribution in [0, 0.1) is 0 Å². The zero-order valence-corrected chi connectivity index (χ0v) is 37.2. The highest BCUT2D eigenvalue weighted by Crippen LogP contribution is 2.16. The van der Waals surface area contributed by atoms with Gasteiger partial charge >= 0.3 is 5.97 Å². The van der Waals surface area contributed by atoms with Crippen LogP contribution in [0.25, 0.3) is 0 Å². The number of esters is 1. The molecule has 0 amide bonds. The Kier molecular flexibility index (Phi) is 47.5. The maximum Gasteiger partial charge on any atom is 0.306 e. The number of carbonyl (C=O) groups is 1. The van der Waals surface area contributed by atoms with Gasteiger partial charge in [-0.25, -0.2) is 0 Å². The summed E-state index contributed by atoms with van der Waals surface area (Å²) in [6.07, 6.45) is 62.3. The van der Waals surface area contributed by atoms with Gasteiger partial charge in [-0.1, -0.05) is 237 Å². The lowest BCUT2D eigenvalue weighted by atomic mass is 10.0. The minimum absolute atomic E-state index is 0.169. The van der Waals surface area contributed by atoms with Crippen LogP contribution >= 0.6 is 0 Å². The van der Waals surface area contributed by atoms with E-state index in [0.717, 1.165) is 32.1 Å². The molecule has 1 N–H and O–H groups in total. The third-order valence-electron chi connectivity index (χ3n) is 11.0. The topological polar surface area (TPSA) is 55.8 Å². The van der Waals surface area contributed by atoms with Crippen LogP contribution in [0.1, 0.15) is 258 Å². The molecule has 0 fully saturated rings. The quantitative estimate of drug-likeness (QED) is 0.0380. The molecule has 55 heavy (non-hydrogen) atoms. The SMILES string of the molecule is CCCCCCC/C=C\C/C=C\C/C=C\CCCCCCCCCCCCCOCC(CO)OC(=O)CCCCCCCCCCCCCCCCCCC. The smallest absolute Gasteiger partial charge is 0.306 e. The van der Waals surface area contributed by atoms with Crippen molar-refractivity contribution in [3.8, 4) is 0 Å². The molecule has 0 saturated heterocycles. The van der Waals surface area contributed by atoms with Crippen LogP contribution in [0.2, 0.25) is 0 Å². The number of aliphatic hydroxyl groups excluding tert-OH is 1. The summed E-state index contributed by atoms with van der Waals surface area (Å²) in [5.74, 6) is -0.197. The van der Waals surface area contributed by atoms with E-state index in [1.165, 1.54) is 205 Å². The van der Waals surface area contributed by atoms with E-state index in [-0.39, 0.29) is 12.6 Å². The fraction of sp³-hybridized carbons (Fsp3) is 0.863. The molecule has 0 aliphatic carbocycles. The van der Waals surface area contributed by atoms with E-state index >= 15 is 0 Å². The van der Waals surface area contributed by atoms with E-state index in [0.29, 0.717) is 19.6 Å². The summed E-state index contributed by atoms with van der Waals surface area (Å²) in [5.41, 5.74) is 0. The molecular weight excluding hydrogens is 677 g/mol. The monoisotopic (exact) mass is 773 g/mol. The first-order chi connectivity index (χ1) is 27.2. The average Bonchev–Trinajstić information content (AvgIpc) is 3.19. The van der Waals surface area contributed by atoms with Gasteiger partial charge in [0, 0.05) is 13.0 Å². The first-order valence-corrected chi connectivity index (χ1v) is 24.6. The van der Waals surface area contributed by atoms with Crippen molar-refractivity contribution in [2.75, 3.05) is 19.8 Å². The molecule has 1 unspecified atom stereocenters. The predicted octanol–water partition coefficient (Wildman–Crippen LogP) is 16.4. The largest absolute Gasteiger partial charge is 0.457 e. The minimum Gasteiger partial charge on any atom is -0.457 e. The number of unbranched alkanes of at least 4 members (excludes halogenated alkanes) is 32. The van der Waals surface area contributed by atoms with Gasteiger partial charge < -0.3 is 14.6 Å². The predicted molar refractivity (Wildman–Crippen MR) is 242 cm³/mol. The lowest BCUT2D eigenvalue weighted by Gasteiger charge is -2.16. The molecule has 0 aliphatic rings. The van der Waals surface area contributed by atoms with Gasteiger partial charge in [0.25, 0.3) is 0 Å². The number of hydrogen-bond acceptors (Lipinski definition) is 4. The Bertz CT molecular complexity index is 818. The van der Waals surface area contributed by atoms with Gasteiger partial charge in [0.05, 0.1) is 13.2 Å². The summed E-state index contributed by atoms with van der Waals surface area (Å²) in [5, 5.41) is 9.63. The highest BCUT2D eigenvalue weighted by Gasteiger charge is 2.13. The molecule has 0 aromatic heterocycles. The fourth-order valence-corrected chi connectivity index (χ4v) is 7.28. The van der Waals surface area contributed by atoms with Gasteiger partial charge in [0.2, 0.25) is 0 Å². The van der Waals surface area contributed by atoms with Crippen molar-refractivity contribution in [1.82, 2.24) is 0 Å². The molecule has 0 bridgehead atoms. The summed E-state index contributed by atoms with van der Waals surface area (Å²) in [4.78, 5) is 12.2. The molecule has 0 aromatic rings. The number of allylic oxidation sites excluding steroid dienone is 6. The van der Waals surface area contributed by atoms with Gasteiger partial charge in [-0.15, -0.1) is 0 Å². The minimum atomic E-state index is -0.533. The van der Waals surface area contributed by atoms with Crippen molar-refractivity contribution in [3.63, 3.8) is 0 Å². The van der Waals surface area contributed by atoms with Crippen molar-refractivity contribution in [2.24, 2.45) is 0 Å². The van der Waals surface area contributed by atoms with Gasteiger partial charge in [0.1, 0.15) is 6.10 Å². The average molecular weight is 773 g/mol. The molecule has 0 aromatic carbocycles. The van der Waals surface area contributed by atoms with Crippen molar-refractivity contribution in [3.05, 3.63) is 36.5 Å². The van der Waals surface area contributed by atoms with E-state index in [1.807, 2.05) is 0 Å². The summed E-state index contributed by atoms with van der Waals surface area (Å²) in [6, 6.07) is 0. The maximum absolute atomic E-state index is 12.2. The Morgan fingerprint density at radius 2 is 0.764 bits per heavy atom. The summed E-state index contributed by atoms with van der Waals surface area (Å²) in [7, 11) is 0. The van der Waals surface area contributed by atoms with Crippen molar-refractivity contribution < 1.29 is 19.4 Å². The Labute approximate surface area is 344 Å². The van der Waals surface area contributed by atoms with Gasteiger partial charge in [0.15, 0.2) is 0 Å². The second kappa shape index (κ2) is 48.8. The van der Waals surface area contributed by atoms with Crippen LogP contribution in [0.15, 0.2) is 36.5 Å². The number of rotatable bonds is 46. The zero-order chi connectivity index (χ0) is 39.8. The molecule has 0 radical (unpaired) electrons. The number of ether oxygens (including phenoxy) is 2. The summed E-state index contributed by atoms with van der Waals surface area (Å²) >= 11 is 0. The molecule has 0 rings (SSSR count). The molecule has 0 heterocycles. The van der Waals surface area contributed by atoms with E-state index in [1.54, 1.807) is 0 Å². The van der Waals surface area contributed by atoms with Gasteiger partial charge in [-0.05, 0) is 51.4 Å². The molecule has 4 nitrogen and oxygen atoms in total.